The molecule has 1 rings (SSSR count). The predicted octanol–water partition coefficient (Wildman–Crippen LogP) is 1.17. The van der Waals surface area contributed by atoms with E-state index in [1.807, 2.05) is 0 Å². The molecule has 0 aromatic carbocycles. The lowest BCUT2D eigenvalue weighted by molar-refractivity contribution is 0.128. The van der Waals surface area contributed by atoms with Crippen LogP contribution in [-0.4, -0.2) is 49.1 Å². The van der Waals surface area contributed by atoms with E-state index < -0.39 is 0 Å². The molecule has 0 saturated carbocycles. The summed E-state index contributed by atoms with van der Waals surface area (Å²) >= 11 is 0. The van der Waals surface area contributed by atoms with Crippen molar-refractivity contribution in [2.45, 2.75) is 20.3 Å². The van der Waals surface area contributed by atoms with Gasteiger partial charge in [-0.3, -0.25) is 4.90 Å². The number of hydrogen-bond donors (Lipinski definition) is 0. The van der Waals surface area contributed by atoms with Crippen molar-refractivity contribution < 1.29 is 0 Å². The van der Waals surface area contributed by atoms with Crippen LogP contribution in [0.4, 0.5) is 0 Å². The first-order chi connectivity index (χ1) is 6.80. The normalized spacial score (nSPS) is 21.8. The molecule has 0 radical (unpaired) electrons. The maximum Gasteiger partial charge on any atom is 0.0669 e. The van der Waals surface area contributed by atoms with Crippen molar-refractivity contribution in [3.05, 3.63) is 0 Å². The summed E-state index contributed by atoms with van der Waals surface area (Å²) in [6, 6.07) is 2.37. The molecule has 1 unspecified atom stereocenters. The number of rotatable bonds is 4. The van der Waals surface area contributed by atoms with Crippen LogP contribution in [-0.2, 0) is 0 Å². The van der Waals surface area contributed by atoms with E-state index >= 15 is 0 Å². The van der Waals surface area contributed by atoms with E-state index in [0.29, 0.717) is 0 Å². The fourth-order valence-corrected chi connectivity index (χ4v) is 1.86. The van der Waals surface area contributed by atoms with Crippen LogP contribution >= 0.6 is 0 Å². The van der Waals surface area contributed by atoms with Gasteiger partial charge in [-0.15, -0.1) is 0 Å². The van der Waals surface area contributed by atoms with E-state index in [-0.39, 0.29) is 5.92 Å². The number of piperazine rings is 1. The average Bonchev–Trinajstić information content (AvgIpc) is 2.26. The molecule has 1 atom stereocenters. The van der Waals surface area contributed by atoms with Crippen LogP contribution in [0, 0.1) is 17.2 Å². The van der Waals surface area contributed by atoms with Gasteiger partial charge in [0.1, 0.15) is 0 Å². The third kappa shape index (κ3) is 3.28. The molecule has 1 saturated heterocycles. The van der Waals surface area contributed by atoms with E-state index in [2.05, 4.69) is 29.7 Å². The minimum absolute atomic E-state index is 0.225. The molecule has 1 aliphatic rings. The molecule has 80 valence electrons. The van der Waals surface area contributed by atoms with Gasteiger partial charge in [-0.1, -0.05) is 13.8 Å². The highest BCUT2D eigenvalue weighted by Gasteiger charge is 2.17. The Hall–Kier alpha value is -0.590. The van der Waals surface area contributed by atoms with Gasteiger partial charge in [0.25, 0.3) is 0 Å². The summed E-state index contributed by atoms with van der Waals surface area (Å²) in [6.45, 7) is 11.0. The molecule has 0 aliphatic carbocycles. The summed E-state index contributed by atoms with van der Waals surface area (Å²) in [5.41, 5.74) is 0. The molecule has 1 fully saturated rings. The molecule has 14 heavy (non-hydrogen) atoms. The van der Waals surface area contributed by atoms with Gasteiger partial charge in [0.15, 0.2) is 0 Å². The van der Waals surface area contributed by atoms with E-state index in [9.17, 15) is 0 Å². The van der Waals surface area contributed by atoms with Gasteiger partial charge in [-0.05, 0) is 13.0 Å². The highest BCUT2D eigenvalue weighted by molar-refractivity contribution is 4.85. The smallest absolute Gasteiger partial charge is 0.0669 e. The Bertz CT molecular complexity index is 189. The highest BCUT2D eigenvalue weighted by atomic mass is 15.3. The molecule has 0 aromatic rings. The Balaban J connectivity index is 2.25. The van der Waals surface area contributed by atoms with Gasteiger partial charge in [0, 0.05) is 32.7 Å². The van der Waals surface area contributed by atoms with Crippen LogP contribution in [0.3, 0.4) is 0 Å². The molecule has 1 aliphatic heterocycles. The Morgan fingerprint density at radius 3 is 2.14 bits per heavy atom. The zero-order chi connectivity index (χ0) is 10.4. The minimum Gasteiger partial charge on any atom is -0.301 e. The topological polar surface area (TPSA) is 30.3 Å². The van der Waals surface area contributed by atoms with Gasteiger partial charge in [-0.2, -0.15) is 5.26 Å². The van der Waals surface area contributed by atoms with Crippen LogP contribution in [0.15, 0.2) is 0 Å². The summed E-state index contributed by atoms with van der Waals surface area (Å²) in [4.78, 5) is 4.88. The molecular weight excluding hydrogens is 174 g/mol. The monoisotopic (exact) mass is 195 g/mol. The van der Waals surface area contributed by atoms with Gasteiger partial charge in [-0.25, -0.2) is 0 Å². The Labute approximate surface area is 87.3 Å². The quantitative estimate of drug-likeness (QED) is 0.674. The molecule has 0 spiro atoms. The van der Waals surface area contributed by atoms with E-state index in [0.717, 1.165) is 32.6 Å². The van der Waals surface area contributed by atoms with Crippen molar-refractivity contribution in [2.75, 3.05) is 39.3 Å². The largest absolute Gasteiger partial charge is 0.301 e. The van der Waals surface area contributed by atoms with Gasteiger partial charge < -0.3 is 4.90 Å². The Kier molecular flexibility index (Phi) is 4.92. The van der Waals surface area contributed by atoms with E-state index in [4.69, 9.17) is 5.26 Å². The van der Waals surface area contributed by atoms with E-state index in [1.165, 1.54) is 13.1 Å². The van der Waals surface area contributed by atoms with Gasteiger partial charge in [0.2, 0.25) is 0 Å². The maximum absolute atomic E-state index is 8.87. The Morgan fingerprint density at radius 2 is 1.71 bits per heavy atom. The van der Waals surface area contributed by atoms with Crippen LogP contribution in [0.5, 0.6) is 0 Å². The third-order valence-electron chi connectivity index (χ3n) is 3.07. The lowest BCUT2D eigenvalue weighted by Gasteiger charge is -2.34. The maximum atomic E-state index is 8.87. The van der Waals surface area contributed by atoms with Crippen LogP contribution in [0.1, 0.15) is 20.3 Å². The fraction of sp³-hybridized carbons (Fsp3) is 0.909. The summed E-state index contributed by atoms with van der Waals surface area (Å²) in [5.74, 6) is 0.225. The van der Waals surface area contributed by atoms with Gasteiger partial charge in [0.05, 0.1) is 12.0 Å². The SMILES string of the molecule is CCC(C#N)CN1CCN(CC)CC1. The first-order valence-corrected chi connectivity index (χ1v) is 5.64. The summed E-state index contributed by atoms with van der Waals surface area (Å²) in [6.07, 6.45) is 0.977. The average molecular weight is 195 g/mol. The van der Waals surface area contributed by atoms with Crippen molar-refractivity contribution in [2.24, 2.45) is 5.92 Å². The second-order valence-corrected chi connectivity index (χ2v) is 3.97. The first-order valence-electron chi connectivity index (χ1n) is 5.64. The molecular formula is C11H21N3. The number of likely N-dealkylation sites (N-methyl/N-ethyl adjacent to an activating group) is 1. The predicted molar refractivity (Wildman–Crippen MR) is 57.9 cm³/mol. The third-order valence-corrected chi connectivity index (χ3v) is 3.07. The summed E-state index contributed by atoms with van der Waals surface area (Å²) in [5, 5.41) is 8.87. The Morgan fingerprint density at radius 1 is 1.14 bits per heavy atom. The highest BCUT2D eigenvalue weighted by Crippen LogP contribution is 2.07. The molecule has 0 aromatic heterocycles. The van der Waals surface area contributed by atoms with Crippen molar-refractivity contribution in [1.82, 2.24) is 9.80 Å². The van der Waals surface area contributed by atoms with Gasteiger partial charge >= 0.3 is 0 Å². The number of hydrogen-bond acceptors (Lipinski definition) is 3. The van der Waals surface area contributed by atoms with Crippen molar-refractivity contribution in [3.63, 3.8) is 0 Å². The summed E-state index contributed by atoms with van der Waals surface area (Å²) in [7, 11) is 0. The molecule has 3 heteroatoms. The molecule has 0 N–H and O–H groups in total. The lowest BCUT2D eigenvalue weighted by atomic mass is 10.1. The van der Waals surface area contributed by atoms with Crippen molar-refractivity contribution in [1.29, 1.82) is 5.26 Å². The second kappa shape index (κ2) is 6.00. The van der Waals surface area contributed by atoms with Crippen molar-refractivity contribution in [3.8, 4) is 6.07 Å². The fourth-order valence-electron chi connectivity index (χ4n) is 1.86. The second-order valence-electron chi connectivity index (χ2n) is 3.97. The summed E-state index contributed by atoms with van der Waals surface area (Å²) < 4.78 is 0. The van der Waals surface area contributed by atoms with E-state index in [1.54, 1.807) is 0 Å². The standard InChI is InChI=1S/C11H21N3/c1-3-11(9-12)10-14-7-5-13(4-2)6-8-14/h11H,3-8,10H2,1-2H3. The molecule has 0 amide bonds. The molecule has 0 bridgehead atoms. The van der Waals surface area contributed by atoms with Crippen LogP contribution in [0.2, 0.25) is 0 Å². The minimum atomic E-state index is 0.225. The zero-order valence-corrected chi connectivity index (χ0v) is 9.37. The van der Waals surface area contributed by atoms with Crippen LogP contribution < -0.4 is 0 Å². The number of nitriles is 1. The van der Waals surface area contributed by atoms with Crippen LogP contribution in [0.25, 0.3) is 0 Å². The molecule has 1 heterocycles. The zero-order valence-electron chi connectivity index (χ0n) is 9.37. The number of nitrogens with zero attached hydrogens (tertiary/aromatic N) is 3. The lowest BCUT2D eigenvalue weighted by Crippen LogP contribution is -2.47. The molecule has 3 nitrogen and oxygen atoms in total. The van der Waals surface area contributed by atoms with Crippen molar-refractivity contribution >= 4 is 0 Å². The first kappa shape index (κ1) is 11.5.